The molecule has 0 atom stereocenters. The molecule has 0 aliphatic carbocycles. The molecule has 0 bridgehead atoms. The molecule has 116 valence electrons. The van der Waals surface area contributed by atoms with Gasteiger partial charge >= 0.3 is 6.03 Å². The van der Waals surface area contributed by atoms with Gasteiger partial charge in [-0.25, -0.2) is 13.6 Å². The number of nitrogens with one attached hydrogen (secondary N) is 1. The van der Waals surface area contributed by atoms with Crippen LogP contribution in [-0.2, 0) is 0 Å². The average molecular weight is 305 g/mol. The summed E-state index contributed by atoms with van der Waals surface area (Å²) in [7, 11) is 0. The van der Waals surface area contributed by atoms with Crippen molar-refractivity contribution in [2.75, 3.05) is 23.3 Å². The number of urea groups is 1. The summed E-state index contributed by atoms with van der Waals surface area (Å²) < 4.78 is 26.6. The Hall–Kier alpha value is -2.47. The van der Waals surface area contributed by atoms with Crippen molar-refractivity contribution in [3.05, 3.63) is 60.2 Å². The summed E-state index contributed by atoms with van der Waals surface area (Å²) in [5.41, 5.74) is 6.08. The van der Waals surface area contributed by atoms with E-state index >= 15 is 0 Å². The van der Waals surface area contributed by atoms with Gasteiger partial charge in [-0.15, -0.1) is 0 Å². The van der Waals surface area contributed by atoms with Gasteiger partial charge in [-0.05, 0) is 49.4 Å². The molecule has 6 heteroatoms. The molecule has 4 nitrogen and oxygen atoms in total. The smallest absolute Gasteiger partial charge is 0.326 e. The highest BCUT2D eigenvalue weighted by atomic mass is 19.1. The molecular formula is C16H17F2N3O. The van der Waals surface area contributed by atoms with Crippen molar-refractivity contribution in [2.45, 2.75) is 6.42 Å². The maximum Gasteiger partial charge on any atom is 0.326 e. The maximum absolute atomic E-state index is 13.6. The Morgan fingerprint density at radius 1 is 1.09 bits per heavy atom. The second kappa shape index (κ2) is 7.51. The van der Waals surface area contributed by atoms with Crippen molar-refractivity contribution in [3.8, 4) is 0 Å². The number of nitrogens with two attached hydrogens (primary N) is 1. The Morgan fingerprint density at radius 3 is 2.41 bits per heavy atom. The number of hydrogen-bond acceptors (Lipinski definition) is 2. The Morgan fingerprint density at radius 2 is 1.77 bits per heavy atom. The second-order valence-corrected chi connectivity index (χ2v) is 4.68. The first-order chi connectivity index (χ1) is 10.6. The van der Waals surface area contributed by atoms with Crippen LogP contribution in [0.5, 0.6) is 0 Å². The molecular weight excluding hydrogens is 288 g/mol. The van der Waals surface area contributed by atoms with Crippen molar-refractivity contribution in [1.82, 2.24) is 0 Å². The minimum Gasteiger partial charge on any atom is -0.330 e. The SMILES string of the molecule is NCCCN(C(=O)Nc1ccccc1F)c1ccc(F)cc1. The molecule has 0 heterocycles. The molecule has 0 aromatic heterocycles. The number of nitrogens with zero attached hydrogens (tertiary/aromatic N) is 1. The largest absolute Gasteiger partial charge is 0.330 e. The summed E-state index contributed by atoms with van der Waals surface area (Å²) in [5.74, 6) is -0.911. The number of carbonyl (C=O) groups is 1. The number of anilines is 2. The van der Waals surface area contributed by atoms with E-state index in [1.165, 1.54) is 47.4 Å². The van der Waals surface area contributed by atoms with Gasteiger partial charge in [-0.1, -0.05) is 12.1 Å². The van der Waals surface area contributed by atoms with Crippen LogP contribution in [0.2, 0.25) is 0 Å². The molecule has 0 unspecified atom stereocenters. The zero-order valence-corrected chi connectivity index (χ0v) is 11.9. The highest BCUT2D eigenvalue weighted by Gasteiger charge is 2.16. The fraction of sp³-hybridized carbons (Fsp3) is 0.188. The van der Waals surface area contributed by atoms with E-state index in [1.54, 1.807) is 6.07 Å². The summed E-state index contributed by atoms with van der Waals surface area (Å²) >= 11 is 0. The molecule has 22 heavy (non-hydrogen) atoms. The van der Waals surface area contributed by atoms with Gasteiger partial charge in [0, 0.05) is 12.2 Å². The van der Waals surface area contributed by atoms with Crippen molar-refractivity contribution in [3.63, 3.8) is 0 Å². The van der Waals surface area contributed by atoms with Crippen LogP contribution >= 0.6 is 0 Å². The van der Waals surface area contributed by atoms with E-state index in [4.69, 9.17) is 5.73 Å². The van der Waals surface area contributed by atoms with E-state index in [9.17, 15) is 13.6 Å². The molecule has 0 aliphatic heterocycles. The maximum atomic E-state index is 13.6. The average Bonchev–Trinajstić information content (AvgIpc) is 2.51. The number of benzene rings is 2. The van der Waals surface area contributed by atoms with Gasteiger partial charge in [0.2, 0.25) is 0 Å². The Labute approximate surface area is 127 Å². The lowest BCUT2D eigenvalue weighted by Gasteiger charge is -2.23. The van der Waals surface area contributed by atoms with Gasteiger partial charge in [-0.3, -0.25) is 4.90 Å². The van der Waals surface area contributed by atoms with Crippen molar-refractivity contribution >= 4 is 17.4 Å². The zero-order valence-electron chi connectivity index (χ0n) is 11.9. The Bertz CT molecular complexity index is 632. The van der Waals surface area contributed by atoms with Crippen LogP contribution in [0.3, 0.4) is 0 Å². The van der Waals surface area contributed by atoms with Gasteiger partial charge in [0.25, 0.3) is 0 Å². The zero-order chi connectivity index (χ0) is 15.9. The highest BCUT2D eigenvalue weighted by Crippen LogP contribution is 2.18. The van der Waals surface area contributed by atoms with Gasteiger partial charge in [-0.2, -0.15) is 0 Å². The molecule has 2 aromatic rings. The molecule has 0 saturated carbocycles. The van der Waals surface area contributed by atoms with E-state index in [2.05, 4.69) is 5.32 Å². The molecule has 0 radical (unpaired) electrons. The number of halogens is 2. The molecule has 2 rings (SSSR count). The van der Waals surface area contributed by atoms with E-state index in [-0.39, 0.29) is 5.69 Å². The first-order valence-corrected chi connectivity index (χ1v) is 6.90. The summed E-state index contributed by atoms with van der Waals surface area (Å²) in [6.45, 7) is 0.757. The third-order valence-corrected chi connectivity index (χ3v) is 3.08. The summed E-state index contributed by atoms with van der Waals surface area (Å²) in [6.07, 6.45) is 0.571. The number of amides is 2. The molecule has 0 saturated heterocycles. The van der Waals surface area contributed by atoms with E-state index in [0.717, 1.165) is 0 Å². The van der Waals surface area contributed by atoms with Crippen LogP contribution in [0.4, 0.5) is 25.0 Å². The molecule has 0 aliphatic rings. The predicted octanol–water partition coefficient (Wildman–Crippen LogP) is 3.35. The van der Waals surface area contributed by atoms with Crippen LogP contribution in [0.25, 0.3) is 0 Å². The predicted molar refractivity (Wildman–Crippen MR) is 82.8 cm³/mol. The van der Waals surface area contributed by atoms with Crippen molar-refractivity contribution < 1.29 is 13.6 Å². The summed E-state index contributed by atoms with van der Waals surface area (Å²) in [4.78, 5) is 13.8. The fourth-order valence-corrected chi connectivity index (χ4v) is 1.96. The van der Waals surface area contributed by atoms with Crippen LogP contribution < -0.4 is 16.0 Å². The topological polar surface area (TPSA) is 58.4 Å². The van der Waals surface area contributed by atoms with Crippen molar-refractivity contribution in [1.29, 1.82) is 0 Å². The first kappa shape index (κ1) is 15.9. The van der Waals surface area contributed by atoms with E-state index in [1.807, 2.05) is 0 Å². The number of rotatable bonds is 5. The molecule has 3 N–H and O–H groups in total. The van der Waals surface area contributed by atoms with Crippen molar-refractivity contribution in [2.24, 2.45) is 5.73 Å². The quantitative estimate of drug-likeness (QED) is 0.890. The minimum absolute atomic E-state index is 0.0901. The molecule has 2 amide bonds. The first-order valence-electron chi connectivity index (χ1n) is 6.90. The van der Waals surface area contributed by atoms with Crippen LogP contribution in [0, 0.1) is 11.6 Å². The van der Waals surface area contributed by atoms with E-state index < -0.39 is 17.7 Å². The van der Waals surface area contributed by atoms with Crippen LogP contribution in [0.1, 0.15) is 6.42 Å². The highest BCUT2D eigenvalue weighted by molar-refractivity contribution is 6.01. The molecule has 0 fully saturated rings. The van der Waals surface area contributed by atoms with Gasteiger partial charge < -0.3 is 11.1 Å². The number of carbonyl (C=O) groups excluding carboxylic acids is 1. The summed E-state index contributed by atoms with van der Waals surface area (Å²) in [5, 5.41) is 2.51. The van der Waals surface area contributed by atoms with Gasteiger partial charge in [0.15, 0.2) is 0 Å². The van der Waals surface area contributed by atoms with E-state index in [0.29, 0.717) is 25.2 Å². The monoisotopic (exact) mass is 305 g/mol. The second-order valence-electron chi connectivity index (χ2n) is 4.68. The van der Waals surface area contributed by atoms with Gasteiger partial charge in [0.1, 0.15) is 11.6 Å². The third kappa shape index (κ3) is 4.02. The lowest BCUT2D eigenvalue weighted by Crippen LogP contribution is -2.36. The third-order valence-electron chi connectivity index (χ3n) is 3.08. The fourth-order valence-electron chi connectivity index (χ4n) is 1.96. The lowest BCUT2D eigenvalue weighted by atomic mass is 10.2. The molecule has 0 spiro atoms. The Balaban J connectivity index is 2.19. The van der Waals surface area contributed by atoms with Crippen LogP contribution in [-0.4, -0.2) is 19.1 Å². The minimum atomic E-state index is -0.520. The summed E-state index contributed by atoms with van der Waals surface area (Å²) in [6, 6.07) is 10.9. The normalized spacial score (nSPS) is 10.3. The molecule has 2 aromatic carbocycles. The lowest BCUT2D eigenvalue weighted by molar-refractivity contribution is 0.256. The van der Waals surface area contributed by atoms with Crippen LogP contribution in [0.15, 0.2) is 48.5 Å². The Kier molecular flexibility index (Phi) is 5.43. The number of hydrogen-bond donors (Lipinski definition) is 2. The van der Waals surface area contributed by atoms with Gasteiger partial charge in [0.05, 0.1) is 5.69 Å². The standard InChI is InChI=1S/C16H17F2N3O/c17-12-6-8-13(9-7-12)21(11-3-10-19)16(22)20-15-5-2-1-4-14(15)18/h1-2,4-9H,3,10-11,19H2,(H,20,22). The number of para-hydroxylation sites is 1.